The Morgan fingerprint density at radius 2 is 2.14 bits per heavy atom. The zero-order valence-electron chi connectivity index (χ0n) is 11.6. The number of rotatable bonds is 4. The molecule has 1 heterocycles. The highest BCUT2D eigenvalue weighted by Crippen LogP contribution is 2.28. The lowest BCUT2D eigenvalue weighted by atomic mass is 10.1. The van der Waals surface area contributed by atoms with Crippen molar-refractivity contribution in [3.8, 4) is 0 Å². The number of nitrogens with one attached hydrogen (secondary N) is 2. The second kappa shape index (κ2) is 5.40. The van der Waals surface area contributed by atoms with Gasteiger partial charge in [0, 0.05) is 11.7 Å². The molecular formula is C14H19N3O3S. The summed E-state index contributed by atoms with van der Waals surface area (Å²) in [6.07, 6.45) is 3.02. The lowest BCUT2D eigenvalue weighted by Gasteiger charge is -2.19. The number of hydrogen-bond donors (Lipinski definition) is 3. The fourth-order valence-corrected chi connectivity index (χ4v) is 4.50. The molecule has 0 spiro atoms. The highest BCUT2D eigenvalue weighted by atomic mass is 32.2. The smallest absolute Gasteiger partial charge is 0.240 e. The second-order valence-corrected chi connectivity index (χ2v) is 7.41. The molecule has 114 valence electrons. The van der Waals surface area contributed by atoms with Crippen molar-refractivity contribution in [3.63, 3.8) is 0 Å². The fraction of sp³-hybridized carbons (Fsp3) is 0.500. The highest BCUT2D eigenvalue weighted by molar-refractivity contribution is 7.89. The topological polar surface area (TPSA) is 101 Å². The quantitative estimate of drug-likeness (QED) is 0.757. The van der Waals surface area contributed by atoms with Gasteiger partial charge in [-0.25, -0.2) is 13.1 Å². The number of carbonyl (C=O) groups is 1. The molecule has 2 unspecified atom stereocenters. The number of amides is 1. The maximum atomic E-state index is 12.5. The van der Waals surface area contributed by atoms with Gasteiger partial charge >= 0.3 is 0 Å². The van der Waals surface area contributed by atoms with Gasteiger partial charge in [-0.1, -0.05) is 6.42 Å². The van der Waals surface area contributed by atoms with Crippen LogP contribution in [-0.4, -0.2) is 26.9 Å². The van der Waals surface area contributed by atoms with E-state index >= 15 is 0 Å². The zero-order valence-corrected chi connectivity index (χ0v) is 12.4. The van der Waals surface area contributed by atoms with Gasteiger partial charge in [0.15, 0.2) is 0 Å². The predicted molar refractivity (Wildman–Crippen MR) is 79.3 cm³/mol. The van der Waals surface area contributed by atoms with Crippen LogP contribution in [0.4, 0.5) is 5.69 Å². The normalized spacial score (nSPS) is 24.9. The van der Waals surface area contributed by atoms with Crippen LogP contribution in [0.2, 0.25) is 0 Å². The van der Waals surface area contributed by atoms with Crippen LogP contribution in [0.3, 0.4) is 0 Å². The maximum absolute atomic E-state index is 12.5. The molecule has 3 rings (SSSR count). The van der Waals surface area contributed by atoms with Crippen molar-refractivity contribution < 1.29 is 13.2 Å². The van der Waals surface area contributed by atoms with E-state index in [0.29, 0.717) is 12.2 Å². The molecular weight excluding hydrogens is 290 g/mol. The first-order valence-electron chi connectivity index (χ1n) is 7.15. The van der Waals surface area contributed by atoms with Crippen molar-refractivity contribution >= 4 is 21.6 Å². The van der Waals surface area contributed by atoms with Crippen LogP contribution >= 0.6 is 0 Å². The summed E-state index contributed by atoms with van der Waals surface area (Å²) < 4.78 is 27.7. The van der Waals surface area contributed by atoms with Gasteiger partial charge in [0.05, 0.1) is 11.3 Å². The Hall–Kier alpha value is -1.44. The van der Waals surface area contributed by atoms with Gasteiger partial charge in [-0.2, -0.15) is 0 Å². The van der Waals surface area contributed by atoms with Crippen molar-refractivity contribution in [2.24, 2.45) is 11.7 Å². The zero-order chi connectivity index (χ0) is 15.0. The summed E-state index contributed by atoms with van der Waals surface area (Å²) in [6, 6.07) is 4.65. The molecule has 4 N–H and O–H groups in total. The molecule has 1 aromatic carbocycles. The largest absolute Gasteiger partial charge is 0.330 e. The summed E-state index contributed by atoms with van der Waals surface area (Å²) in [7, 11) is -3.57. The van der Waals surface area contributed by atoms with Gasteiger partial charge in [-0.3, -0.25) is 4.79 Å². The molecule has 2 atom stereocenters. The van der Waals surface area contributed by atoms with Crippen LogP contribution in [0, 0.1) is 5.92 Å². The third-order valence-electron chi connectivity index (χ3n) is 4.28. The Bertz CT molecular complexity index is 672. The van der Waals surface area contributed by atoms with E-state index in [9.17, 15) is 13.2 Å². The Morgan fingerprint density at radius 1 is 1.33 bits per heavy atom. The molecule has 1 aliphatic carbocycles. The number of carbonyl (C=O) groups excluding carboxylic acids is 1. The number of benzene rings is 1. The average molecular weight is 309 g/mol. The summed E-state index contributed by atoms with van der Waals surface area (Å²) in [6.45, 7) is 0.496. The monoisotopic (exact) mass is 309 g/mol. The number of anilines is 1. The third-order valence-corrected chi connectivity index (χ3v) is 5.77. The van der Waals surface area contributed by atoms with Gasteiger partial charge in [-0.15, -0.1) is 0 Å². The van der Waals surface area contributed by atoms with Crippen LogP contribution in [-0.2, 0) is 21.2 Å². The molecule has 1 fully saturated rings. The average Bonchev–Trinajstić information content (AvgIpc) is 3.01. The van der Waals surface area contributed by atoms with E-state index in [0.717, 1.165) is 24.8 Å². The summed E-state index contributed by atoms with van der Waals surface area (Å²) in [4.78, 5) is 11.5. The minimum absolute atomic E-state index is 0.0898. The molecule has 6 nitrogen and oxygen atoms in total. The van der Waals surface area contributed by atoms with Crippen molar-refractivity contribution in [2.75, 3.05) is 11.9 Å². The molecule has 7 heteroatoms. The van der Waals surface area contributed by atoms with Crippen molar-refractivity contribution in [1.82, 2.24) is 4.72 Å². The Labute approximate surface area is 124 Å². The van der Waals surface area contributed by atoms with Crippen molar-refractivity contribution in [1.29, 1.82) is 0 Å². The van der Waals surface area contributed by atoms with Gasteiger partial charge in [0.1, 0.15) is 0 Å². The van der Waals surface area contributed by atoms with Crippen molar-refractivity contribution in [2.45, 2.75) is 36.6 Å². The molecule has 21 heavy (non-hydrogen) atoms. The third kappa shape index (κ3) is 2.81. The summed E-state index contributed by atoms with van der Waals surface area (Å²) in [5.41, 5.74) is 7.11. The number of sulfonamides is 1. The number of hydrogen-bond acceptors (Lipinski definition) is 4. The van der Waals surface area contributed by atoms with E-state index < -0.39 is 10.0 Å². The number of fused-ring (bicyclic) bond motifs is 1. The Kier molecular flexibility index (Phi) is 3.73. The predicted octanol–water partition coefficient (Wildman–Crippen LogP) is 0.587. The maximum Gasteiger partial charge on any atom is 0.240 e. The SMILES string of the molecule is NCC1CCCC1NS(=O)(=O)c1ccc2c(c1)CC(=O)N2. The van der Waals surface area contributed by atoms with Crippen LogP contribution in [0.15, 0.2) is 23.1 Å². The molecule has 0 saturated heterocycles. The lowest BCUT2D eigenvalue weighted by molar-refractivity contribution is -0.115. The summed E-state index contributed by atoms with van der Waals surface area (Å²) in [5.74, 6) is 0.101. The minimum Gasteiger partial charge on any atom is -0.330 e. The van der Waals surface area contributed by atoms with E-state index in [1.54, 1.807) is 12.1 Å². The van der Waals surface area contributed by atoms with Gasteiger partial charge in [0.25, 0.3) is 0 Å². The first-order valence-corrected chi connectivity index (χ1v) is 8.63. The van der Waals surface area contributed by atoms with Gasteiger partial charge < -0.3 is 11.1 Å². The van der Waals surface area contributed by atoms with E-state index in [1.807, 2.05) is 0 Å². The van der Waals surface area contributed by atoms with Crippen LogP contribution in [0.1, 0.15) is 24.8 Å². The van der Waals surface area contributed by atoms with E-state index in [4.69, 9.17) is 5.73 Å². The Morgan fingerprint density at radius 3 is 2.90 bits per heavy atom. The van der Waals surface area contributed by atoms with Crippen LogP contribution in [0.5, 0.6) is 0 Å². The van der Waals surface area contributed by atoms with Gasteiger partial charge in [-0.05, 0) is 49.1 Å². The first-order chi connectivity index (χ1) is 9.99. The fourth-order valence-electron chi connectivity index (χ4n) is 3.11. The highest BCUT2D eigenvalue weighted by Gasteiger charge is 2.31. The summed E-state index contributed by atoms with van der Waals surface area (Å²) in [5, 5.41) is 2.69. The van der Waals surface area contributed by atoms with E-state index in [-0.39, 0.29) is 29.2 Å². The molecule has 1 aliphatic heterocycles. The minimum atomic E-state index is -3.57. The first kappa shape index (κ1) is 14.5. The standard InChI is InChI=1S/C14H19N3O3S/c15-8-9-2-1-3-13(9)17-21(19,20)11-4-5-12-10(6-11)7-14(18)16-12/h4-6,9,13,17H,1-3,7-8,15H2,(H,16,18). The molecule has 1 aromatic rings. The molecule has 0 aromatic heterocycles. The molecule has 2 aliphatic rings. The second-order valence-electron chi connectivity index (χ2n) is 5.70. The Balaban J connectivity index is 1.82. The van der Waals surface area contributed by atoms with Gasteiger partial charge in [0.2, 0.25) is 15.9 Å². The van der Waals surface area contributed by atoms with Crippen LogP contribution < -0.4 is 15.8 Å². The van der Waals surface area contributed by atoms with Crippen molar-refractivity contribution in [3.05, 3.63) is 23.8 Å². The molecule has 1 amide bonds. The molecule has 0 radical (unpaired) electrons. The summed E-state index contributed by atoms with van der Waals surface area (Å²) >= 11 is 0. The van der Waals surface area contributed by atoms with E-state index in [2.05, 4.69) is 10.0 Å². The molecule has 1 saturated carbocycles. The molecule has 0 bridgehead atoms. The van der Waals surface area contributed by atoms with Crippen LogP contribution in [0.25, 0.3) is 0 Å². The number of nitrogens with two attached hydrogens (primary N) is 1. The van der Waals surface area contributed by atoms with E-state index in [1.165, 1.54) is 6.07 Å². The lowest BCUT2D eigenvalue weighted by Crippen LogP contribution is -2.39.